The summed E-state index contributed by atoms with van der Waals surface area (Å²) >= 11 is 0. The molecule has 2 aliphatic rings. The van der Waals surface area contributed by atoms with Crippen LogP contribution in [-0.4, -0.2) is 47.1 Å². The van der Waals surface area contributed by atoms with Gasteiger partial charge in [-0.15, -0.1) is 0 Å². The minimum atomic E-state index is 0.357. The van der Waals surface area contributed by atoms with Gasteiger partial charge in [-0.25, -0.2) is 0 Å². The minimum Gasteiger partial charge on any atom is -0.508 e. The summed E-state index contributed by atoms with van der Waals surface area (Å²) in [5.74, 6) is 2.04. The molecule has 0 radical (unpaired) electrons. The minimum absolute atomic E-state index is 0.357. The van der Waals surface area contributed by atoms with Crippen LogP contribution in [0.4, 0.5) is 0 Å². The maximum absolute atomic E-state index is 9.43. The molecule has 1 aliphatic carbocycles. The van der Waals surface area contributed by atoms with Crippen molar-refractivity contribution in [2.75, 3.05) is 26.2 Å². The Morgan fingerprint density at radius 3 is 2.50 bits per heavy atom. The summed E-state index contributed by atoms with van der Waals surface area (Å²) in [4.78, 5) is 5.36. The molecule has 0 spiro atoms. The predicted octanol–water partition coefficient (Wildman–Crippen LogP) is 3.33. The van der Waals surface area contributed by atoms with Crippen molar-refractivity contribution in [3.8, 4) is 5.75 Å². The Morgan fingerprint density at radius 1 is 1.14 bits per heavy atom. The summed E-state index contributed by atoms with van der Waals surface area (Å²) in [6, 6.07) is 8.37. The predicted molar refractivity (Wildman–Crippen MR) is 90.9 cm³/mol. The Labute approximate surface area is 134 Å². The molecular formula is C19H30N2O. The Balaban J connectivity index is 1.63. The third-order valence-electron chi connectivity index (χ3n) is 5.14. The van der Waals surface area contributed by atoms with Crippen LogP contribution in [0.3, 0.4) is 0 Å². The first-order chi connectivity index (χ1) is 10.6. The van der Waals surface area contributed by atoms with E-state index in [0.717, 1.165) is 12.5 Å². The molecule has 1 aromatic carbocycles. The fourth-order valence-electron chi connectivity index (χ4n) is 3.63. The summed E-state index contributed by atoms with van der Waals surface area (Å²) in [5.41, 5.74) is 1.30. The standard InChI is InChI=1S/C19H30N2O/c1-15(2)19-14-20(12-16-6-8-18(22)9-7-16)10-3-11-21(19)13-17-4-5-17/h6-9,15,17,19,22H,3-5,10-14H2,1-2H3. The molecule has 1 aromatic rings. The zero-order valence-corrected chi connectivity index (χ0v) is 14.0. The lowest BCUT2D eigenvalue weighted by Crippen LogP contribution is -2.45. The van der Waals surface area contributed by atoms with Crippen LogP contribution in [-0.2, 0) is 6.54 Å². The summed E-state index contributed by atoms with van der Waals surface area (Å²) < 4.78 is 0. The molecule has 1 N–H and O–H groups in total. The molecule has 22 heavy (non-hydrogen) atoms. The van der Waals surface area contributed by atoms with Gasteiger partial charge in [-0.1, -0.05) is 26.0 Å². The Morgan fingerprint density at radius 2 is 1.86 bits per heavy atom. The molecule has 1 heterocycles. The van der Waals surface area contributed by atoms with Gasteiger partial charge in [0.15, 0.2) is 0 Å². The Kier molecular flexibility index (Phi) is 5.04. The van der Waals surface area contributed by atoms with Gasteiger partial charge in [-0.3, -0.25) is 9.80 Å². The monoisotopic (exact) mass is 302 g/mol. The zero-order valence-electron chi connectivity index (χ0n) is 14.0. The molecule has 0 amide bonds. The quantitative estimate of drug-likeness (QED) is 0.904. The highest BCUT2D eigenvalue weighted by Gasteiger charge is 2.31. The number of hydrogen-bond donors (Lipinski definition) is 1. The zero-order chi connectivity index (χ0) is 15.5. The number of benzene rings is 1. The second kappa shape index (κ2) is 7.01. The van der Waals surface area contributed by atoms with Crippen molar-refractivity contribution in [3.63, 3.8) is 0 Å². The van der Waals surface area contributed by atoms with E-state index in [2.05, 4.69) is 23.6 Å². The second-order valence-corrected chi connectivity index (χ2v) is 7.50. The van der Waals surface area contributed by atoms with E-state index in [1.54, 1.807) is 12.1 Å². The Hall–Kier alpha value is -1.06. The van der Waals surface area contributed by atoms with Crippen LogP contribution < -0.4 is 0 Å². The molecule has 2 fully saturated rings. The van der Waals surface area contributed by atoms with Gasteiger partial charge < -0.3 is 5.11 Å². The van der Waals surface area contributed by atoms with Crippen LogP contribution in [0.2, 0.25) is 0 Å². The van der Waals surface area contributed by atoms with Gasteiger partial charge in [0.25, 0.3) is 0 Å². The SMILES string of the molecule is CC(C)C1CN(Cc2ccc(O)cc2)CCCN1CC1CC1. The maximum Gasteiger partial charge on any atom is 0.115 e. The lowest BCUT2D eigenvalue weighted by Gasteiger charge is -2.34. The first kappa shape index (κ1) is 15.8. The molecule has 1 saturated heterocycles. The van der Waals surface area contributed by atoms with Crippen molar-refractivity contribution < 1.29 is 5.11 Å². The number of phenols is 1. The smallest absolute Gasteiger partial charge is 0.115 e. The van der Waals surface area contributed by atoms with Gasteiger partial charge in [-0.05, 0) is 61.9 Å². The normalized spacial score (nSPS) is 24.6. The molecule has 1 aliphatic heterocycles. The van der Waals surface area contributed by atoms with Crippen molar-refractivity contribution in [2.24, 2.45) is 11.8 Å². The average molecular weight is 302 g/mol. The molecule has 3 heteroatoms. The van der Waals surface area contributed by atoms with Crippen LogP contribution in [0.5, 0.6) is 5.75 Å². The highest BCUT2D eigenvalue weighted by atomic mass is 16.3. The van der Waals surface area contributed by atoms with Gasteiger partial charge >= 0.3 is 0 Å². The van der Waals surface area contributed by atoms with Gasteiger partial charge in [0, 0.05) is 25.7 Å². The number of hydrogen-bond acceptors (Lipinski definition) is 3. The first-order valence-electron chi connectivity index (χ1n) is 8.86. The van der Waals surface area contributed by atoms with E-state index in [1.807, 2.05) is 12.1 Å². The first-order valence-corrected chi connectivity index (χ1v) is 8.86. The number of nitrogens with zero attached hydrogens (tertiary/aromatic N) is 2. The highest BCUT2D eigenvalue weighted by Crippen LogP contribution is 2.32. The topological polar surface area (TPSA) is 26.7 Å². The van der Waals surface area contributed by atoms with Crippen LogP contribution in [0, 0.1) is 11.8 Å². The maximum atomic E-state index is 9.43. The molecule has 0 bridgehead atoms. The third kappa shape index (κ3) is 4.23. The third-order valence-corrected chi connectivity index (χ3v) is 5.14. The lowest BCUT2D eigenvalue weighted by atomic mass is 10.0. The molecule has 122 valence electrons. The fraction of sp³-hybridized carbons (Fsp3) is 0.684. The molecule has 1 atom stereocenters. The van der Waals surface area contributed by atoms with Gasteiger partial charge in [0.1, 0.15) is 5.75 Å². The highest BCUT2D eigenvalue weighted by molar-refractivity contribution is 5.25. The number of aromatic hydroxyl groups is 1. The van der Waals surface area contributed by atoms with E-state index in [1.165, 1.54) is 51.0 Å². The molecular weight excluding hydrogens is 272 g/mol. The van der Waals surface area contributed by atoms with Crippen LogP contribution >= 0.6 is 0 Å². The van der Waals surface area contributed by atoms with Crippen molar-refractivity contribution in [3.05, 3.63) is 29.8 Å². The van der Waals surface area contributed by atoms with Crippen molar-refractivity contribution in [1.82, 2.24) is 9.80 Å². The molecule has 3 rings (SSSR count). The summed E-state index contributed by atoms with van der Waals surface area (Å²) in [7, 11) is 0. The summed E-state index contributed by atoms with van der Waals surface area (Å²) in [6.07, 6.45) is 4.16. The van der Waals surface area contributed by atoms with E-state index in [-0.39, 0.29) is 0 Å². The molecule has 1 saturated carbocycles. The van der Waals surface area contributed by atoms with E-state index < -0.39 is 0 Å². The molecule has 1 unspecified atom stereocenters. The lowest BCUT2D eigenvalue weighted by molar-refractivity contribution is 0.132. The van der Waals surface area contributed by atoms with E-state index in [0.29, 0.717) is 17.7 Å². The van der Waals surface area contributed by atoms with Gasteiger partial charge in [-0.2, -0.15) is 0 Å². The average Bonchev–Trinajstić information content (AvgIpc) is 3.30. The van der Waals surface area contributed by atoms with E-state index in [9.17, 15) is 5.11 Å². The van der Waals surface area contributed by atoms with Crippen molar-refractivity contribution >= 4 is 0 Å². The van der Waals surface area contributed by atoms with Gasteiger partial charge in [0.05, 0.1) is 0 Å². The number of rotatable bonds is 5. The van der Waals surface area contributed by atoms with Crippen molar-refractivity contribution in [2.45, 2.75) is 45.7 Å². The van der Waals surface area contributed by atoms with Crippen LogP contribution in [0.15, 0.2) is 24.3 Å². The summed E-state index contributed by atoms with van der Waals surface area (Å²) in [5, 5.41) is 9.43. The van der Waals surface area contributed by atoms with Crippen molar-refractivity contribution in [1.29, 1.82) is 0 Å². The summed E-state index contributed by atoms with van der Waals surface area (Å²) in [6.45, 7) is 10.7. The van der Waals surface area contributed by atoms with Crippen LogP contribution in [0.25, 0.3) is 0 Å². The largest absolute Gasteiger partial charge is 0.508 e. The van der Waals surface area contributed by atoms with Gasteiger partial charge in [0.2, 0.25) is 0 Å². The van der Waals surface area contributed by atoms with E-state index in [4.69, 9.17) is 0 Å². The van der Waals surface area contributed by atoms with E-state index >= 15 is 0 Å². The Bertz CT molecular complexity index is 467. The fourth-order valence-corrected chi connectivity index (χ4v) is 3.63. The number of phenolic OH excluding ortho intramolecular Hbond substituents is 1. The molecule has 3 nitrogen and oxygen atoms in total. The van der Waals surface area contributed by atoms with Crippen LogP contribution in [0.1, 0.15) is 38.7 Å². The molecule has 0 aromatic heterocycles. The second-order valence-electron chi connectivity index (χ2n) is 7.50.